The summed E-state index contributed by atoms with van der Waals surface area (Å²) in [7, 11) is 0. The highest BCUT2D eigenvalue weighted by molar-refractivity contribution is 6.35. The number of halogens is 2. The van der Waals surface area contributed by atoms with Gasteiger partial charge in [-0.15, -0.1) is 0 Å². The molecule has 1 heterocycles. The molecular formula is C11H13Cl2NO. The lowest BCUT2D eigenvalue weighted by Crippen LogP contribution is -2.32. The maximum absolute atomic E-state index is 6.06. The number of ether oxygens (including phenoxy) is 1. The quantitative estimate of drug-likeness (QED) is 0.870. The summed E-state index contributed by atoms with van der Waals surface area (Å²) in [6, 6.07) is 3.61. The molecule has 0 aromatic heterocycles. The first-order chi connectivity index (χ1) is 7.04. The smallest absolute Gasteiger partial charge is 0.142 e. The Morgan fingerprint density at radius 1 is 1.47 bits per heavy atom. The third kappa shape index (κ3) is 2.07. The van der Waals surface area contributed by atoms with Crippen molar-refractivity contribution in [2.75, 3.05) is 6.54 Å². The SMILES string of the molecule is CC1(CCN)Cc2cc(Cl)cc(Cl)c2O1. The molecule has 1 aliphatic rings. The van der Waals surface area contributed by atoms with E-state index in [9.17, 15) is 0 Å². The molecule has 0 saturated carbocycles. The van der Waals surface area contributed by atoms with Crippen LogP contribution >= 0.6 is 23.2 Å². The van der Waals surface area contributed by atoms with E-state index >= 15 is 0 Å². The Hall–Kier alpha value is -0.440. The van der Waals surface area contributed by atoms with Gasteiger partial charge in [0.2, 0.25) is 0 Å². The van der Waals surface area contributed by atoms with Crippen LogP contribution in [0.3, 0.4) is 0 Å². The van der Waals surface area contributed by atoms with Crippen LogP contribution in [0.15, 0.2) is 12.1 Å². The zero-order valence-corrected chi connectivity index (χ0v) is 10.0. The molecule has 0 bridgehead atoms. The van der Waals surface area contributed by atoms with Gasteiger partial charge in [-0.3, -0.25) is 0 Å². The van der Waals surface area contributed by atoms with Gasteiger partial charge in [-0.2, -0.15) is 0 Å². The number of benzene rings is 1. The molecule has 1 unspecified atom stereocenters. The van der Waals surface area contributed by atoms with Gasteiger partial charge in [0.05, 0.1) is 5.02 Å². The fraction of sp³-hybridized carbons (Fsp3) is 0.455. The van der Waals surface area contributed by atoms with E-state index in [2.05, 4.69) is 0 Å². The van der Waals surface area contributed by atoms with Gasteiger partial charge in [0.15, 0.2) is 0 Å². The van der Waals surface area contributed by atoms with Crippen LogP contribution in [0.1, 0.15) is 18.9 Å². The zero-order chi connectivity index (χ0) is 11.1. The first kappa shape index (κ1) is 11.1. The lowest BCUT2D eigenvalue weighted by molar-refractivity contribution is 0.109. The van der Waals surface area contributed by atoms with E-state index in [0.717, 1.165) is 24.2 Å². The van der Waals surface area contributed by atoms with Crippen LogP contribution in [0, 0.1) is 0 Å². The third-order valence-corrected chi connectivity index (χ3v) is 3.17. The van der Waals surface area contributed by atoms with Gasteiger partial charge in [-0.05, 0) is 32.0 Å². The van der Waals surface area contributed by atoms with Crippen LogP contribution in [-0.4, -0.2) is 12.1 Å². The van der Waals surface area contributed by atoms with Gasteiger partial charge in [-0.1, -0.05) is 23.2 Å². The van der Waals surface area contributed by atoms with Crippen molar-refractivity contribution in [2.45, 2.75) is 25.4 Å². The minimum atomic E-state index is -0.231. The van der Waals surface area contributed by atoms with Gasteiger partial charge >= 0.3 is 0 Å². The van der Waals surface area contributed by atoms with Crippen LogP contribution < -0.4 is 10.5 Å². The number of nitrogens with two attached hydrogens (primary N) is 1. The summed E-state index contributed by atoms with van der Waals surface area (Å²) >= 11 is 12.0. The first-order valence-corrected chi connectivity index (χ1v) is 5.67. The number of fused-ring (bicyclic) bond motifs is 1. The van der Waals surface area contributed by atoms with Crippen molar-refractivity contribution in [1.82, 2.24) is 0 Å². The summed E-state index contributed by atoms with van der Waals surface area (Å²) < 4.78 is 5.85. The second-order valence-corrected chi connectivity index (χ2v) is 4.99. The Balaban J connectivity index is 2.34. The highest BCUT2D eigenvalue weighted by Crippen LogP contribution is 2.42. The van der Waals surface area contributed by atoms with Crippen LogP contribution in [0.5, 0.6) is 5.75 Å². The lowest BCUT2D eigenvalue weighted by atomic mass is 9.96. The van der Waals surface area contributed by atoms with E-state index < -0.39 is 0 Å². The molecule has 2 rings (SSSR count). The van der Waals surface area contributed by atoms with E-state index in [-0.39, 0.29) is 5.60 Å². The molecule has 0 amide bonds. The summed E-state index contributed by atoms with van der Waals surface area (Å²) in [6.45, 7) is 2.65. The summed E-state index contributed by atoms with van der Waals surface area (Å²) in [6.07, 6.45) is 1.63. The molecule has 1 aromatic carbocycles. The largest absolute Gasteiger partial charge is 0.485 e. The van der Waals surface area contributed by atoms with Crippen molar-refractivity contribution in [3.8, 4) is 5.75 Å². The molecule has 1 aliphatic heterocycles. The molecule has 1 atom stereocenters. The highest BCUT2D eigenvalue weighted by atomic mass is 35.5. The normalized spacial score (nSPS) is 23.7. The Bertz CT molecular complexity index is 394. The molecule has 2 nitrogen and oxygen atoms in total. The maximum atomic E-state index is 6.06. The second kappa shape index (κ2) is 3.85. The Kier molecular flexibility index (Phi) is 2.84. The van der Waals surface area contributed by atoms with Crippen LogP contribution in [0.2, 0.25) is 10.0 Å². The fourth-order valence-electron chi connectivity index (χ4n) is 1.99. The van der Waals surface area contributed by atoms with E-state index in [0.29, 0.717) is 16.6 Å². The van der Waals surface area contributed by atoms with Gasteiger partial charge in [0.1, 0.15) is 11.4 Å². The predicted octanol–water partition coefficient (Wildman–Crippen LogP) is 3.04. The number of rotatable bonds is 2. The van der Waals surface area contributed by atoms with Crippen molar-refractivity contribution >= 4 is 23.2 Å². The van der Waals surface area contributed by atoms with Gasteiger partial charge < -0.3 is 10.5 Å². The average Bonchev–Trinajstić information content (AvgIpc) is 2.42. The molecular weight excluding hydrogens is 233 g/mol. The summed E-state index contributed by atoms with van der Waals surface area (Å²) in [5.74, 6) is 0.761. The lowest BCUT2D eigenvalue weighted by Gasteiger charge is -2.23. The topological polar surface area (TPSA) is 35.2 Å². The molecule has 0 aliphatic carbocycles. The third-order valence-electron chi connectivity index (χ3n) is 2.67. The number of hydrogen-bond donors (Lipinski definition) is 1. The van der Waals surface area contributed by atoms with E-state index in [4.69, 9.17) is 33.7 Å². The van der Waals surface area contributed by atoms with Crippen LogP contribution in [0.4, 0.5) is 0 Å². The summed E-state index contributed by atoms with van der Waals surface area (Å²) in [5.41, 5.74) is 6.40. The molecule has 82 valence electrons. The average molecular weight is 246 g/mol. The minimum absolute atomic E-state index is 0.231. The van der Waals surface area contributed by atoms with E-state index in [1.54, 1.807) is 6.07 Å². The predicted molar refractivity (Wildman–Crippen MR) is 62.9 cm³/mol. The van der Waals surface area contributed by atoms with Crippen LogP contribution in [0.25, 0.3) is 0 Å². The van der Waals surface area contributed by atoms with Crippen molar-refractivity contribution in [1.29, 1.82) is 0 Å². The van der Waals surface area contributed by atoms with Crippen molar-refractivity contribution in [2.24, 2.45) is 5.73 Å². The van der Waals surface area contributed by atoms with Crippen molar-refractivity contribution in [3.63, 3.8) is 0 Å². The molecule has 0 spiro atoms. The molecule has 1 aromatic rings. The van der Waals surface area contributed by atoms with E-state index in [1.165, 1.54) is 0 Å². The van der Waals surface area contributed by atoms with Gasteiger partial charge in [0, 0.05) is 17.0 Å². The summed E-state index contributed by atoms with van der Waals surface area (Å²) in [5, 5.41) is 1.23. The Labute approximate surface area is 99.3 Å². The molecule has 4 heteroatoms. The Morgan fingerprint density at radius 3 is 2.87 bits per heavy atom. The summed E-state index contributed by atoms with van der Waals surface area (Å²) in [4.78, 5) is 0. The van der Waals surface area contributed by atoms with Crippen molar-refractivity contribution < 1.29 is 4.74 Å². The molecule has 0 radical (unpaired) electrons. The molecule has 2 N–H and O–H groups in total. The first-order valence-electron chi connectivity index (χ1n) is 4.91. The second-order valence-electron chi connectivity index (χ2n) is 4.14. The molecule has 0 fully saturated rings. The highest BCUT2D eigenvalue weighted by Gasteiger charge is 2.35. The molecule has 0 saturated heterocycles. The van der Waals surface area contributed by atoms with Crippen molar-refractivity contribution in [3.05, 3.63) is 27.7 Å². The van der Waals surface area contributed by atoms with E-state index in [1.807, 2.05) is 13.0 Å². The van der Waals surface area contributed by atoms with Crippen LogP contribution in [-0.2, 0) is 6.42 Å². The monoisotopic (exact) mass is 245 g/mol. The van der Waals surface area contributed by atoms with Gasteiger partial charge in [0.25, 0.3) is 0 Å². The maximum Gasteiger partial charge on any atom is 0.142 e. The zero-order valence-electron chi connectivity index (χ0n) is 8.52. The molecule has 15 heavy (non-hydrogen) atoms. The Morgan fingerprint density at radius 2 is 2.20 bits per heavy atom. The van der Waals surface area contributed by atoms with Gasteiger partial charge in [-0.25, -0.2) is 0 Å². The number of hydrogen-bond acceptors (Lipinski definition) is 2. The minimum Gasteiger partial charge on any atom is -0.485 e. The standard InChI is InChI=1S/C11H13Cl2NO/c1-11(2-3-14)6-7-4-8(12)5-9(13)10(7)15-11/h4-5H,2-3,6,14H2,1H3. The fourth-order valence-corrected chi connectivity index (χ4v) is 2.56.